The monoisotopic (exact) mass is 335 g/mol. The summed E-state index contributed by atoms with van der Waals surface area (Å²) >= 11 is 0. The van der Waals surface area contributed by atoms with Gasteiger partial charge in [-0.2, -0.15) is 4.80 Å². The van der Waals surface area contributed by atoms with Gasteiger partial charge in [0, 0.05) is 18.7 Å². The summed E-state index contributed by atoms with van der Waals surface area (Å²) in [6.45, 7) is -0.0626. The number of hydrogen-bond donors (Lipinski definition) is 0. The molecule has 1 amide bonds. The Morgan fingerprint density at radius 3 is 2.74 bits per heavy atom. The summed E-state index contributed by atoms with van der Waals surface area (Å²) in [5, 5.41) is 12.0. The van der Waals surface area contributed by atoms with Crippen molar-refractivity contribution in [2.24, 2.45) is 0 Å². The van der Waals surface area contributed by atoms with Gasteiger partial charge in [0.25, 0.3) is 0 Å². The van der Waals surface area contributed by atoms with Gasteiger partial charge in [-0.15, -0.1) is 10.2 Å². The summed E-state index contributed by atoms with van der Waals surface area (Å²) in [6, 6.07) is 9.08. The first kappa shape index (κ1) is 15.6. The van der Waals surface area contributed by atoms with Crippen molar-refractivity contribution in [1.82, 2.24) is 25.1 Å². The standard InChI is InChI=1S/C14H17N5O3S/c1-18(12-7-8-23(21,22)10-12)13(20)9-19-16-14(15-17-19)11-5-3-2-4-6-11/h2-6,12H,7-10H2,1H3/t12-/m0/s1. The summed E-state index contributed by atoms with van der Waals surface area (Å²) in [6.07, 6.45) is 0.477. The van der Waals surface area contributed by atoms with E-state index in [1.54, 1.807) is 7.05 Å². The van der Waals surface area contributed by atoms with E-state index in [0.717, 1.165) is 5.56 Å². The number of carbonyl (C=O) groups excluding carboxylic acids is 1. The van der Waals surface area contributed by atoms with Crippen LogP contribution in [0.15, 0.2) is 30.3 Å². The summed E-state index contributed by atoms with van der Waals surface area (Å²) in [4.78, 5) is 15.0. The quantitative estimate of drug-likeness (QED) is 0.779. The molecule has 0 saturated carbocycles. The molecule has 1 atom stereocenters. The topological polar surface area (TPSA) is 98.1 Å². The van der Waals surface area contributed by atoms with Crippen molar-refractivity contribution >= 4 is 15.7 Å². The molecule has 3 rings (SSSR count). The maximum Gasteiger partial charge on any atom is 0.246 e. The SMILES string of the molecule is CN(C(=O)Cn1nnc(-c2ccccc2)n1)[C@H]1CCS(=O)(=O)C1. The van der Waals surface area contributed by atoms with Gasteiger partial charge in [0.05, 0.1) is 11.5 Å². The lowest BCUT2D eigenvalue weighted by Crippen LogP contribution is -2.40. The van der Waals surface area contributed by atoms with E-state index in [2.05, 4.69) is 15.4 Å². The van der Waals surface area contributed by atoms with E-state index in [-0.39, 0.29) is 30.0 Å². The molecule has 1 fully saturated rings. The van der Waals surface area contributed by atoms with Crippen LogP contribution in [0.5, 0.6) is 0 Å². The Morgan fingerprint density at radius 1 is 1.35 bits per heavy atom. The largest absolute Gasteiger partial charge is 0.340 e. The summed E-state index contributed by atoms with van der Waals surface area (Å²) < 4.78 is 23.0. The highest BCUT2D eigenvalue weighted by atomic mass is 32.2. The zero-order valence-electron chi connectivity index (χ0n) is 12.7. The molecule has 122 valence electrons. The molecule has 1 aromatic carbocycles. The van der Waals surface area contributed by atoms with Crippen molar-refractivity contribution in [3.05, 3.63) is 30.3 Å². The van der Waals surface area contributed by atoms with Crippen molar-refractivity contribution in [1.29, 1.82) is 0 Å². The second-order valence-electron chi connectivity index (χ2n) is 5.57. The molecule has 1 aliphatic rings. The van der Waals surface area contributed by atoms with Crippen molar-refractivity contribution in [3.8, 4) is 11.4 Å². The third kappa shape index (κ3) is 3.55. The molecule has 1 aliphatic heterocycles. The lowest BCUT2D eigenvalue weighted by Gasteiger charge is -2.22. The van der Waals surface area contributed by atoms with Gasteiger partial charge in [0.2, 0.25) is 11.7 Å². The first-order valence-corrected chi connectivity index (χ1v) is 9.06. The van der Waals surface area contributed by atoms with E-state index in [0.29, 0.717) is 12.2 Å². The fraction of sp³-hybridized carbons (Fsp3) is 0.429. The van der Waals surface area contributed by atoms with E-state index >= 15 is 0 Å². The van der Waals surface area contributed by atoms with Crippen molar-refractivity contribution in [2.45, 2.75) is 19.0 Å². The van der Waals surface area contributed by atoms with Crippen LogP contribution in [-0.4, -0.2) is 64.0 Å². The molecular formula is C14H17N5O3S. The lowest BCUT2D eigenvalue weighted by atomic mass is 10.2. The minimum atomic E-state index is -3.02. The predicted molar refractivity (Wildman–Crippen MR) is 83.1 cm³/mol. The molecule has 9 heteroatoms. The van der Waals surface area contributed by atoms with Gasteiger partial charge >= 0.3 is 0 Å². The molecular weight excluding hydrogens is 318 g/mol. The van der Waals surface area contributed by atoms with Gasteiger partial charge < -0.3 is 4.90 Å². The fourth-order valence-electron chi connectivity index (χ4n) is 2.53. The second-order valence-corrected chi connectivity index (χ2v) is 7.80. The van der Waals surface area contributed by atoms with Gasteiger partial charge in [0.1, 0.15) is 6.54 Å². The summed E-state index contributed by atoms with van der Waals surface area (Å²) in [7, 11) is -1.41. The van der Waals surface area contributed by atoms with Gasteiger partial charge in [0.15, 0.2) is 9.84 Å². The van der Waals surface area contributed by atoms with Gasteiger partial charge in [-0.1, -0.05) is 30.3 Å². The number of likely N-dealkylation sites (N-methyl/N-ethyl adjacent to an activating group) is 1. The van der Waals surface area contributed by atoms with Crippen molar-refractivity contribution in [3.63, 3.8) is 0 Å². The maximum absolute atomic E-state index is 12.3. The predicted octanol–water partition coefficient (Wildman–Crippen LogP) is -0.0144. The van der Waals surface area contributed by atoms with Crippen molar-refractivity contribution < 1.29 is 13.2 Å². The summed E-state index contributed by atoms with van der Waals surface area (Å²) in [5.74, 6) is 0.373. The molecule has 1 saturated heterocycles. The van der Waals surface area contributed by atoms with E-state index in [1.165, 1.54) is 9.70 Å². The minimum absolute atomic E-state index is 0.0231. The Bertz CT molecular complexity index is 803. The number of hydrogen-bond acceptors (Lipinski definition) is 6. The summed E-state index contributed by atoms with van der Waals surface area (Å²) in [5.41, 5.74) is 0.821. The van der Waals surface area contributed by atoms with E-state index < -0.39 is 9.84 Å². The number of tetrazole rings is 1. The average Bonchev–Trinajstić information content (AvgIpc) is 3.14. The zero-order chi connectivity index (χ0) is 16.4. The highest BCUT2D eigenvalue weighted by molar-refractivity contribution is 7.91. The maximum atomic E-state index is 12.3. The number of nitrogens with zero attached hydrogens (tertiary/aromatic N) is 5. The zero-order valence-corrected chi connectivity index (χ0v) is 13.5. The van der Waals surface area contributed by atoms with Crippen LogP contribution in [0.25, 0.3) is 11.4 Å². The van der Waals surface area contributed by atoms with Crippen LogP contribution in [-0.2, 0) is 21.2 Å². The first-order valence-electron chi connectivity index (χ1n) is 7.24. The number of benzene rings is 1. The Labute approximate surface area is 134 Å². The number of aromatic nitrogens is 4. The van der Waals surface area contributed by atoms with E-state index in [1.807, 2.05) is 30.3 Å². The molecule has 1 aromatic heterocycles. The van der Waals surface area contributed by atoms with Crippen LogP contribution in [0.3, 0.4) is 0 Å². The average molecular weight is 335 g/mol. The van der Waals surface area contributed by atoms with Crippen LogP contribution >= 0.6 is 0 Å². The van der Waals surface area contributed by atoms with Crippen LogP contribution < -0.4 is 0 Å². The fourth-order valence-corrected chi connectivity index (χ4v) is 4.30. The molecule has 8 nitrogen and oxygen atoms in total. The Balaban J connectivity index is 1.66. The second kappa shape index (κ2) is 6.07. The normalized spacial score (nSPS) is 19.6. The van der Waals surface area contributed by atoms with Gasteiger partial charge in [-0.05, 0) is 11.6 Å². The smallest absolute Gasteiger partial charge is 0.246 e. The van der Waals surface area contributed by atoms with Crippen LogP contribution in [0, 0.1) is 0 Å². The Kier molecular flexibility index (Phi) is 4.12. The highest BCUT2D eigenvalue weighted by Gasteiger charge is 2.32. The number of sulfone groups is 1. The molecule has 0 unspecified atom stereocenters. The van der Waals surface area contributed by atoms with E-state index in [9.17, 15) is 13.2 Å². The number of amides is 1. The molecule has 2 heterocycles. The van der Waals surface area contributed by atoms with Crippen LogP contribution in [0.4, 0.5) is 0 Å². The molecule has 23 heavy (non-hydrogen) atoms. The molecule has 0 N–H and O–H groups in total. The molecule has 0 spiro atoms. The van der Waals surface area contributed by atoms with Gasteiger partial charge in [-0.3, -0.25) is 4.79 Å². The third-order valence-corrected chi connectivity index (χ3v) is 5.66. The Morgan fingerprint density at radius 2 is 2.09 bits per heavy atom. The number of carbonyl (C=O) groups is 1. The lowest BCUT2D eigenvalue weighted by molar-refractivity contribution is -0.132. The number of rotatable bonds is 4. The Hall–Kier alpha value is -2.29. The third-order valence-electron chi connectivity index (χ3n) is 3.91. The van der Waals surface area contributed by atoms with Crippen molar-refractivity contribution in [2.75, 3.05) is 18.6 Å². The van der Waals surface area contributed by atoms with E-state index in [4.69, 9.17) is 0 Å². The minimum Gasteiger partial charge on any atom is -0.340 e. The molecule has 0 radical (unpaired) electrons. The molecule has 2 aromatic rings. The van der Waals surface area contributed by atoms with Crippen LogP contribution in [0.1, 0.15) is 6.42 Å². The van der Waals surface area contributed by atoms with Gasteiger partial charge in [-0.25, -0.2) is 8.42 Å². The highest BCUT2D eigenvalue weighted by Crippen LogP contribution is 2.17. The first-order chi connectivity index (χ1) is 10.9. The molecule has 0 bridgehead atoms. The molecule has 0 aliphatic carbocycles. The van der Waals surface area contributed by atoms with Crippen LogP contribution in [0.2, 0.25) is 0 Å².